The number of nitrogens with zero attached hydrogens (tertiary/aromatic N) is 2. The zero-order valence-corrected chi connectivity index (χ0v) is 9.52. The van der Waals surface area contributed by atoms with Crippen molar-refractivity contribution in [2.75, 3.05) is 13.1 Å². The summed E-state index contributed by atoms with van der Waals surface area (Å²) in [6.07, 6.45) is 6.99. The number of hydrogen-bond donors (Lipinski definition) is 0. The summed E-state index contributed by atoms with van der Waals surface area (Å²) in [5.74, 6) is 0. The van der Waals surface area contributed by atoms with Crippen LogP contribution in [0.4, 0.5) is 0 Å². The van der Waals surface area contributed by atoms with Gasteiger partial charge in [0.25, 0.3) is 0 Å². The van der Waals surface area contributed by atoms with Crippen LogP contribution in [0.25, 0.3) is 0 Å². The third kappa shape index (κ3) is 2.78. The number of rotatable bonds is 4. The SMILES string of the molecule is CCCN1CCC[C@H]1Cc1ccccn1. The molecule has 0 saturated carbocycles. The monoisotopic (exact) mass is 204 g/mol. The summed E-state index contributed by atoms with van der Waals surface area (Å²) in [5.41, 5.74) is 1.24. The molecule has 1 saturated heterocycles. The smallest absolute Gasteiger partial charge is 0.0419 e. The van der Waals surface area contributed by atoms with Gasteiger partial charge in [-0.2, -0.15) is 0 Å². The Kier molecular flexibility index (Phi) is 3.73. The van der Waals surface area contributed by atoms with E-state index in [0.29, 0.717) is 0 Å². The van der Waals surface area contributed by atoms with Gasteiger partial charge in [-0.1, -0.05) is 13.0 Å². The Morgan fingerprint density at radius 3 is 3.13 bits per heavy atom. The molecular weight excluding hydrogens is 184 g/mol. The van der Waals surface area contributed by atoms with Gasteiger partial charge in [-0.25, -0.2) is 0 Å². The van der Waals surface area contributed by atoms with Gasteiger partial charge in [-0.3, -0.25) is 4.98 Å². The lowest BCUT2D eigenvalue weighted by molar-refractivity contribution is 0.252. The van der Waals surface area contributed by atoms with Gasteiger partial charge < -0.3 is 4.90 Å². The van der Waals surface area contributed by atoms with Crippen LogP contribution >= 0.6 is 0 Å². The summed E-state index contributed by atoms with van der Waals surface area (Å²) in [6.45, 7) is 4.79. The maximum Gasteiger partial charge on any atom is 0.0419 e. The molecule has 0 spiro atoms. The van der Waals surface area contributed by atoms with Crippen LogP contribution in [0.2, 0.25) is 0 Å². The Bertz CT molecular complexity index is 284. The van der Waals surface area contributed by atoms with Gasteiger partial charge in [0.1, 0.15) is 0 Å². The van der Waals surface area contributed by atoms with E-state index in [4.69, 9.17) is 0 Å². The Morgan fingerprint density at radius 1 is 1.47 bits per heavy atom. The van der Waals surface area contributed by atoms with Gasteiger partial charge in [0.05, 0.1) is 0 Å². The van der Waals surface area contributed by atoms with Crippen LogP contribution in [0, 0.1) is 0 Å². The van der Waals surface area contributed by atoms with Crippen molar-refractivity contribution >= 4 is 0 Å². The van der Waals surface area contributed by atoms with E-state index in [2.05, 4.69) is 28.9 Å². The van der Waals surface area contributed by atoms with Gasteiger partial charge in [-0.05, 0) is 44.5 Å². The molecule has 2 rings (SSSR count). The minimum Gasteiger partial charge on any atom is -0.300 e. The highest BCUT2D eigenvalue weighted by molar-refractivity contribution is 5.06. The summed E-state index contributed by atoms with van der Waals surface area (Å²) < 4.78 is 0. The molecule has 1 aliphatic rings. The molecule has 2 heteroatoms. The van der Waals surface area contributed by atoms with E-state index in [1.807, 2.05) is 12.3 Å². The summed E-state index contributed by atoms with van der Waals surface area (Å²) in [5, 5.41) is 0. The normalized spacial score (nSPS) is 22.1. The third-order valence-corrected chi connectivity index (χ3v) is 3.18. The molecule has 2 nitrogen and oxygen atoms in total. The van der Waals surface area contributed by atoms with Gasteiger partial charge >= 0.3 is 0 Å². The van der Waals surface area contributed by atoms with Crippen LogP contribution in [0.3, 0.4) is 0 Å². The van der Waals surface area contributed by atoms with E-state index in [0.717, 1.165) is 12.5 Å². The number of aromatic nitrogens is 1. The number of likely N-dealkylation sites (tertiary alicyclic amines) is 1. The highest BCUT2D eigenvalue weighted by atomic mass is 15.2. The van der Waals surface area contributed by atoms with E-state index in [9.17, 15) is 0 Å². The van der Waals surface area contributed by atoms with Crippen LogP contribution < -0.4 is 0 Å². The van der Waals surface area contributed by atoms with Gasteiger partial charge in [-0.15, -0.1) is 0 Å². The Labute approximate surface area is 92.3 Å². The highest BCUT2D eigenvalue weighted by Crippen LogP contribution is 2.20. The minimum absolute atomic E-state index is 0.736. The summed E-state index contributed by atoms with van der Waals surface area (Å²) >= 11 is 0. The molecule has 1 atom stereocenters. The molecule has 0 aliphatic carbocycles. The van der Waals surface area contributed by atoms with Crippen LogP contribution in [0.5, 0.6) is 0 Å². The quantitative estimate of drug-likeness (QED) is 0.749. The molecule has 1 aromatic rings. The molecule has 0 bridgehead atoms. The maximum atomic E-state index is 4.41. The van der Waals surface area contributed by atoms with Crippen LogP contribution in [-0.4, -0.2) is 29.0 Å². The Balaban J connectivity index is 1.93. The maximum absolute atomic E-state index is 4.41. The zero-order chi connectivity index (χ0) is 10.5. The zero-order valence-electron chi connectivity index (χ0n) is 9.52. The first kappa shape index (κ1) is 10.6. The lowest BCUT2D eigenvalue weighted by atomic mass is 10.1. The fourth-order valence-electron chi connectivity index (χ4n) is 2.47. The first-order valence-electron chi connectivity index (χ1n) is 6.04. The lowest BCUT2D eigenvalue weighted by Gasteiger charge is -2.23. The second-order valence-electron chi connectivity index (χ2n) is 4.36. The molecular formula is C13H20N2. The summed E-state index contributed by atoms with van der Waals surface area (Å²) in [4.78, 5) is 7.03. The Morgan fingerprint density at radius 2 is 2.40 bits per heavy atom. The molecule has 1 fully saturated rings. The summed E-state index contributed by atoms with van der Waals surface area (Å²) in [6, 6.07) is 6.95. The average Bonchev–Trinajstić information content (AvgIpc) is 2.68. The standard InChI is InChI=1S/C13H20N2/c1-2-9-15-10-5-7-13(15)11-12-6-3-4-8-14-12/h3-4,6,8,13H,2,5,7,9-11H2,1H3/t13-/m0/s1. The molecule has 1 aromatic heterocycles. The first-order valence-corrected chi connectivity index (χ1v) is 6.04. The Hall–Kier alpha value is -0.890. The second-order valence-corrected chi connectivity index (χ2v) is 4.36. The molecule has 0 radical (unpaired) electrons. The first-order chi connectivity index (χ1) is 7.40. The third-order valence-electron chi connectivity index (χ3n) is 3.18. The van der Waals surface area contributed by atoms with E-state index in [1.165, 1.54) is 38.0 Å². The van der Waals surface area contributed by atoms with E-state index in [-0.39, 0.29) is 0 Å². The van der Waals surface area contributed by atoms with Crippen molar-refractivity contribution in [1.82, 2.24) is 9.88 Å². The molecule has 0 unspecified atom stereocenters. The molecule has 2 heterocycles. The largest absolute Gasteiger partial charge is 0.300 e. The molecule has 0 N–H and O–H groups in total. The van der Waals surface area contributed by atoms with Crippen molar-refractivity contribution < 1.29 is 0 Å². The van der Waals surface area contributed by atoms with E-state index >= 15 is 0 Å². The van der Waals surface area contributed by atoms with Crippen molar-refractivity contribution in [2.45, 2.75) is 38.6 Å². The highest BCUT2D eigenvalue weighted by Gasteiger charge is 2.23. The van der Waals surface area contributed by atoms with Crippen molar-refractivity contribution in [3.8, 4) is 0 Å². The minimum atomic E-state index is 0.736. The fraction of sp³-hybridized carbons (Fsp3) is 0.615. The number of pyridine rings is 1. The van der Waals surface area contributed by atoms with Gasteiger partial charge in [0, 0.05) is 24.4 Å². The topological polar surface area (TPSA) is 16.1 Å². The van der Waals surface area contributed by atoms with Crippen LogP contribution in [-0.2, 0) is 6.42 Å². The second kappa shape index (κ2) is 5.26. The van der Waals surface area contributed by atoms with Crippen LogP contribution in [0.15, 0.2) is 24.4 Å². The van der Waals surface area contributed by atoms with Crippen molar-refractivity contribution in [1.29, 1.82) is 0 Å². The lowest BCUT2D eigenvalue weighted by Crippen LogP contribution is -2.31. The van der Waals surface area contributed by atoms with E-state index < -0.39 is 0 Å². The predicted octanol–water partition coefficient (Wildman–Crippen LogP) is 2.50. The van der Waals surface area contributed by atoms with Crippen molar-refractivity contribution in [2.24, 2.45) is 0 Å². The predicted molar refractivity (Wildman–Crippen MR) is 62.8 cm³/mol. The average molecular weight is 204 g/mol. The number of hydrogen-bond acceptors (Lipinski definition) is 2. The fourth-order valence-corrected chi connectivity index (χ4v) is 2.47. The van der Waals surface area contributed by atoms with E-state index in [1.54, 1.807) is 0 Å². The molecule has 15 heavy (non-hydrogen) atoms. The molecule has 0 aromatic carbocycles. The van der Waals surface area contributed by atoms with Gasteiger partial charge in [0.15, 0.2) is 0 Å². The van der Waals surface area contributed by atoms with Gasteiger partial charge in [0.2, 0.25) is 0 Å². The molecule has 82 valence electrons. The summed E-state index contributed by atoms with van der Waals surface area (Å²) in [7, 11) is 0. The van der Waals surface area contributed by atoms with Crippen LogP contribution in [0.1, 0.15) is 31.9 Å². The molecule has 0 amide bonds. The molecule has 1 aliphatic heterocycles. The van der Waals surface area contributed by atoms with Crippen molar-refractivity contribution in [3.05, 3.63) is 30.1 Å². The van der Waals surface area contributed by atoms with Crippen molar-refractivity contribution in [3.63, 3.8) is 0 Å².